The molecule has 2 amide bonds. The molecule has 0 saturated carbocycles. The van der Waals surface area contributed by atoms with Gasteiger partial charge in [-0.3, -0.25) is 35.2 Å². The minimum atomic E-state index is -1.03. The fourth-order valence-electron chi connectivity index (χ4n) is 3.54. The van der Waals surface area contributed by atoms with Crippen LogP contribution in [0.25, 0.3) is 0 Å². The summed E-state index contributed by atoms with van der Waals surface area (Å²) in [6.45, 7) is 6.79. The number of Topliss-reactive ketones (excluding diaryl/α,β-unsaturated/α-hetero) is 2. The van der Waals surface area contributed by atoms with Crippen LogP contribution in [-0.2, 0) is 19.2 Å². The third kappa shape index (κ3) is 16.7. The van der Waals surface area contributed by atoms with Crippen LogP contribution in [0.3, 0.4) is 0 Å². The summed E-state index contributed by atoms with van der Waals surface area (Å²) in [7, 11) is 0. The van der Waals surface area contributed by atoms with Gasteiger partial charge in [-0.1, -0.05) is 13.8 Å². The number of hydrazine groups is 1. The van der Waals surface area contributed by atoms with Crippen molar-refractivity contribution < 1.29 is 19.2 Å². The van der Waals surface area contributed by atoms with Crippen molar-refractivity contribution in [1.82, 2.24) is 32.1 Å². The number of unbranched alkanes of at least 4 members (excludes halogenated alkanes) is 1. The van der Waals surface area contributed by atoms with Gasteiger partial charge < -0.3 is 39.3 Å². The van der Waals surface area contributed by atoms with Crippen LogP contribution < -0.4 is 60.8 Å². The van der Waals surface area contributed by atoms with Crippen LogP contribution in [0.1, 0.15) is 59.3 Å². The van der Waals surface area contributed by atoms with Crippen LogP contribution in [0.15, 0.2) is 0 Å². The summed E-state index contributed by atoms with van der Waals surface area (Å²) >= 11 is 0. The number of carbonyl (C=O) groups excluding carboxylic acids is 4. The topological polar surface area (TPSA) is 271 Å². The molecule has 0 unspecified atom stereocenters. The molecule has 0 aliphatic carbocycles. The predicted octanol–water partition coefficient (Wildman–Crippen LogP) is -3.89. The van der Waals surface area contributed by atoms with E-state index in [-0.39, 0.29) is 12.3 Å². The van der Waals surface area contributed by atoms with Gasteiger partial charge in [-0.2, -0.15) is 0 Å². The molecular formula is C23H51N11O4. The lowest BCUT2D eigenvalue weighted by Crippen LogP contribution is -2.58. The number of nitrogens with two attached hydrogens (primary N) is 5. The molecule has 3 atom stereocenters. The number of carbonyl (C=O) groups is 4. The van der Waals surface area contributed by atoms with E-state index in [4.69, 9.17) is 28.7 Å². The number of amides is 2. The van der Waals surface area contributed by atoms with Gasteiger partial charge in [-0.05, 0) is 64.1 Å². The molecule has 0 fully saturated rings. The maximum Gasteiger partial charge on any atom is 0.243 e. The van der Waals surface area contributed by atoms with Gasteiger partial charge in [0.25, 0.3) is 0 Å². The van der Waals surface area contributed by atoms with E-state index >= 15 is 0 Å². The van der Waals surface area contributed by atoms with Crippen molar-refractivity contribution in [3.63, 3.8) is 0 Å². The fraction of sp³-hybridized carbons (Fsp3) is 0.826. The quantitative estimate of drug-likeness (QED) is 0.0254. The minimum absolute atomic E-state index is 0.204. The third-order valence-electron chi connectivity index (χ3n) is 5.67. The first-order valence-electron chi connectivity index (χ1n) is 13.2. The molecule has 15 heteroatoms. The van der Waals surface area contributed by atoms with Gasteiger partial charge in [0.05, 0.1) is 12.1 Å². The van der Waals surface area contributed by atoms with E-state index in [1.165, 1.54) is 0 Å². The van der Waals surface area contributed by atoms with E-state index in [0.29, 0.717) is 45.4 Å². The van der Waals surface area contributed by atoms with Crippen LogP contribution in [-0.4, -0.2) is 80.3 Å². The molecule has 38 heavy (non-hydrogen) atoms. The second kappa shape index (κ2) is 20.8. The second-order valence-electron chi connectivity index (χ2n) is 9.58. The maximum atomic E-state index is 13.2. The number of ketones is 2. The lowest BCUT2D eigenvalue weighted by molar-refractivity contribution is -0.138. The molecule has 0 aromatic heterocycles. The Balaban J connectivity index is 5.32. The maximum absolute atomic E-state index is 13.2. The summed E-state index contributed by atoms with van der Waals surface area (Å²) < 4.78 is 0. The molecule has 0 bridgehead atoms. The molecule has 15 nitrogen and oxygen atoms in total. The molecule has 0 aromatic carbocycles. The van der Waals surface area contributed by atoms with Gasteiger partial charge >= 0.3 is 0 Å². The van der Waals surface area contributed by atoms with Crippen LogP contribution in [0.5, 0.6) is 0 Å². The van der Waals surface area contributed by atoms with Gasteiger partial charge in [0, 0.05) is 13.5 Å². The largest absolute Gasteiger partial charge is 0.344 e. The van der Waals surface area contributed by atoms with Gasteiger partial charge in [-0.15, -0.1) is 0 Å². The molecule has 0 spiro atoms. The van der Waals surface area contributed by atoms with Crippen LogP contribution >= 0.6 is 0 Å². The fourth-order valence-corrected chi connectivity index (χ4v) is 3.54. The number of rotatable bonds is 23. The molecule has 0 heterocycles. The van der Waals surface area contributed by atoms with Crippen LogP contribution in [0.2, 0.25) is 0 Å². The molecule has 222 valence electrons. The Morgan fingerprint density at radius 2 is 1.26 bits per heavy atom. The normalized spacial score (nSPS) is 14.0. The average Bonchev–Trinajstić information content (AvgIpc) is 2.84. The van der Waals surface area contributed by atoms with Crippen molar-refractivity contribution in [3.8, 4) is 0 Å². The standard InChI is InChI=1S/C23H51N11O4/c1-14(2)18(21(38)32-16(19(36)15(3)35)8-6-11-29-22(25)26)33-20(37)17(9-7-12-30-23(27)28)34-31-13-5-4-10-24/h14,16-18,22-23,29-31,34H,4-13,24-28H2,1-3H3,(H,32,38)(H,33,37)/t16-,17-,18-/m0/s1. The summed E-state index contributed by atoms with van der Waals surface area (Å²) in [5.74, 6) is -2.62. The first kappa shape index (κ1) is 35.9. The molecule has 0 radical (unpaired) electrons. The second-order valence-corrected chi connectivity index (χ2v) is 9.58. The Morgan fingerprint density at radius 3 is 1.74 bits per heavy atom. The Kier molecular flexibility index (Phi) is 19.7. The summed E-state index contributed by atoms with van der Waals surface area (Å²) in [4.78, 5) is 50.5. The van der Waals surface area contributed by atoms with E-state index < -0.39 is 54.1 Å². The zero-order valence-electron chi connectivity index (χ0n) is 23.1. The van der Waals surface area contributed by atoms with Gasteiger partial charge in [-0.25, -0.2) is 5.43 Å². The van der Waals surface area contributed by atoms with Crippen molar-refractivity contribution >= 4 is 23.4 Å². The van der Waals surface area contributed by atoms with E-state index in [1.54, 1.807) is 13.8 Å². The van der Waals surface area contributed by atoms with Crippen LogP contribution in [0, 0.1) is 5.92 Å². The summed E-state index contributed by atoms with van der Waals surface area (Å²) in [6.07, 6.45) is 1.97. The van der Waals surface area contributed by atoms with E-state index in [2.05, 4.69) is 32.1 Å². The first-order valence-corrected chi connectivity index (χ1v) is 13.2. The Labute approximate surface area is 225 Å². The van der Waals surface area contributed by atoms with Crippen molar-refractivity contribution in [3.05, 3.63) is 0 Å². The summed E-state index contributed by atoms with van der Waals surface area (Å²) in [5, 5.41) is 11.1. The SMILES string of the molecule is CC(=O)C(=O)[C@H](CCCNC(N)N)NC(=O)[C@@H](NC(=O)[C@H](CCCNC(N)N)NNCCCCN)C(C)C. The highest BCUT2D eigenvalue weighted by Gasteiger charge is 2.31. The van der Waals surface area contributed by atoms with Crippen molar-refractivity contribution in [2.75, 3.05) is 26.2 Å². The molecule has 0 rings (SSSR count). The average molecular weight is 546 g/mol. The van der Waals surface area contributed by atoms with Crippen molar-refractivity contribution in [2.45, 2.75) is 90.0 Å². The highest BCUT2D eigenvalue weighted by Crippen LogP contribution is 2.07. The van der Waals surface area contributed by atoms with Gasteiger partial charge in [0.2, 0.25) is 17.6 Å². The summed E-state index contributed by atoms with van der Waals surface area (Å²) in [5.41, 5.74) is 33.5. The molecular weight excluding hydrogens is 494 g/mol. The van der Waals surface area contributed by atoms with Crippen molar-refractivity contribution in [2.24, 2.45) is 34.6 Å². The Hall–Kier alpha value is -2.08. The molecule has 0 aliphatic heterocycles. The van der Waals surface area contributed by atoms with Gasteiger partial charge in [0.1, 0.15) is 18.6 Å². The minimum Gasteiger partial charge on any atom is -0.344 e. The zero-order chi connectivity index (χ0) is 29.1. The molecule has 0 aromatic rings. The number of hydrogen-bond donors (Lipinski definition) is 11. The van der Waals surface area contributed by atoms with E-state index in [0.717, 1.165) is 19.8 Å². The summed E-state index contributed by atoms with van der Waals surface area (Å²) in [6, 6.07) is -2.62. The molecule has 16 N–H and O–H groups in total. The molecule has 0 aliphatic rings. The highest BCUT2D eigenvalue weighted by atomic mass is 16.2. The smallest absolute Gasteiger partial charge is 0.243 e. The van der Waals surface area contributed by atoms with Crippen molar-refractivity contribution in [1.29, 1.82) is 0 Å². The van der Waals surface area contributed by atoms with E-state index in [1.807, 2.05) is 0 Å². The lowest BCUT2D eigenvalue weighted by atomic mass is 9.99. The Morgan fingerprint density at radius 1 is 0.711 bits per heavy atom. The van der Waals surface area contributed by atoms with E-state index in [9.17, 15) is 19.2 Å². The van der Waals surface area contributed by atoms with Crippen LogP contribution in [0.4, 0.5) is 0 Å². The molecule has 0 saturated heterocycles. The first-order chi connectivity index (χ1) is 17.9. The Bertz CT molecular complexity index is 707. The highest BCUT2D eigenvalue weighted by molar-refractivity contribution is 6.38. The lowest BCUT2D eigenvalue weighted by Gasteiger charge is -2.27. The number of nitrogens with one attached hydrogen (secondary N) is 6. The van der Waals surface area contributed by atoms with Gasteiger partial charge in [0.15, 0.2) is 5.78 Å². The monoisotopic (exact) mass is 545 g/mol. The zero-order valence-corrected chi connectivity index (χ0v) is 23.1. The predicted molar refractivity (Wildman–Crippen MR) is 146 cm³/mol. The number of hydrogen-bond acceptors (Lipinski definition) is 13. The third-order valence-corrected chi connectivity index (χ3v) is 5.67.